The number of carbonyl (C=O) groups is 2. The van der Waals surface area contributed by atoms with Crippen LogP contribution in [0, 0.1) is 24.1 Å². The Morgan fingerprint density at radius 1 is 1.36 bits per heavy atom. The first-order valence-corrected chi connectivity index (χ1v) is 7.52. The van der Waals surface area contributed by atoms with E-state index in [1.54, 1.807) is 31.7 Å². The zero-order valence-electron chi connectivity index (χ0n) is 13.2. The highest BCUT2D eigenvalue weighted by Crippen LogP contribution is 2.34. The Balaban J connectivity index is 2.18. The van der Waals surface area contributed by atoms with Crippen LogP contribution in [0.15, 0.2) is 18.2 Å². The first kappa shape index (κ1) is 16.5. The Morgan fingerprint density at radius 2 is 2.05 bits per heavy atom. The lowest BCUT2D eigenvalue weighted by Gasteiger charge is -2.39. The summed E-state index contributed by atoms with van der Waals surface area (Å²) in [5, 5.41) is 9.35. The second-order valence-electron chi connectivity index (χ2n) is 6.60. The fourth-order valence-electron chi connectivity index (χ4n) is 2.89. The number of likely N-dealkylation sites (tertiary alicyclic amines) is 1. The zero-order valence-corrected chi connectivity index (χ0v) is 13.2. The Kier molecular flexibility index (Phi) is 4.54. The van der Waals surface area contributed by atoms with Gasteiger partial charge in [-0.3, -0.25) is 9.59 Å². The molecule has 1 heterocycles. The molecule has 1 aliphatic heterocycles. The number of carbonyl (C=O) groups excluding carboxylic acids is 1. The number of rotatable bonds is 3. The summed E-state index contributed by atoms with van der Waals surface area (Å²) in [7, 11) is 0. The van der Waals surface area contributed by atoms with Crippen molar-refractivity contribution in [2.75, 3.05) is 13.1 Å². The van der Waals surface area contributed by atoms with Crippen LogP contribution >= 0.6 is 0 Å². The van der Waals surface area contributed by atoms with Crippen LogP contribution in [0.3, 0.4) is 0 Å². The molecule has 1 fully saturated rings. The highest BCUT2D eigenvalue weighted by molar-refractivity contribution is 5.94. The molecule has 0 radical (unpaired) electrons. The van der Waals surface area contributed by atoms with E-state index < -0.39 is 17.2 Å². The van der Waals surface area contributed by atoms with Gasteiger partial charge in [0.2, 0.25) is 0 Å². The van der Waals surface area contributed by atoms with Crippen molar-refractivity contribution in [1.29, 1.82) is 0 Å². The predicted octanol–water partition coefficient (Wildman–Crippen LogP) is 3.10. The van der Waals surface area contributed by atoms with Gasteiger partial charge >= 0.3 is 5.97 Å². The summed E-state index contributed by atoms with van der Waals surface area (Å²) in [5.41, 5.74) is -0.0814. The van der Waals surface area contributed by atoms with Crippen LogP contribution in [0.5, 0.6) is 0 Å². The van der Waals surface area contributed by atoms with Gasteiger partial charge in [-0.15, -0.1) is 0 Å². The van der Waals surface area contributed by atoms with Crippen molar-refractivity contribution in [2.45, 2.75) is 33.6 Å². The molecule has 0 aliphatic carbocycles. The van der Waals surface area contributed by atoms with E-state index in [1.165, 1.54) is 12.1 Å². The van der Waals surface area contributed by atoms with E-state index in [0.29, 0.717) is 13.1 Å². The topological polar surface area (TPSA) is 57.6 Å². The number of benzene rings is 1. The van der Waals surface area contributed by atoms with Gasteiger partial charge in [0.25, 0.3) is 5.91 Å². The number of carboxylic acids is 1. The van der Waals surface area contributed by atoms with E-state index >= 15 is 0 Å². The molecule has 5 heteroatoms. The van der Waals surface area contributed by atoms with Crippen LogP contribution in [0.25, 0.3) is 0 Å². The predicted molar refractivity (Wildman–Crippen MR) is 81.2 cm³/mol. The third kappa shape index (κ3) is 3.13. The number of amides is 1. The maximum Gasteiger partial charge on any atom is 0.309 e. The molecule has 22 heavy (non-hydrogen) atoms. The molecule has 1 saturated heterocycles. The van der Waals surface area contributed by atoms with Crippen molar-refractivity contribution in [3.63, 3.8) is 0 Å². The summed E-state index contributed by atoms with van der Waals surface area (Å²) in [5.74, 6) is -1.88. The molecule has 2 rings (SSSR count). The summed E-state index contributed by atoms with van der Waals surface area (Å²) in [6.45, 7) is 6.02. The molecule has 0 saturated carbocycles. The maximum atomic E-state index is 14.0. The number of piperidine rings is 1. The first-order chi connectivity index (χ1) is 10.2. The highest BCUT2D eigenvalue weighted by atomic mass is 19.1. The number of aryl methyl sites for hydroxylation is 1. The summed E-state index contributed by atoms with van der Waals surface area (Å²) >= 11 is 0. The van der Waals surface area contributed by atoms with E-state index in [2.05, 4.69) is 0 Å². The van der Waals surface area contributed by atoms with Gasteiger partial charge in [-0.05, 0) is 57.2 Å². The smallest absolute Gasteiger partial charge is 0.309 e. The zero-order chi connectivity index (χ0) is 16.5. The standard InChI is InChI=1S/C17H22FNO3/c1-11-6-7-13(14(18)9-11)15(20)19-8-4-5-12(10-19)17(2,3)16(21)22/h6-7,9,12H,4-5,8,10H2,1-3H3,(H,21,22)/t12-/m0/s1. The van der Waals surface area contributed by atoms with E-state index in [9.17, 15) is 19.1 Å². The van der Waals surface area contributed by atoms with Crippen LogP contribution in [-0.2, 0) is 4.79 Å². The average Bonchev–Trinajstić information content (AvgIpc) is 2.46. The van der Waals surface area contributed by atoms with Gasteiger partial charge in [-0.1, -0.05) is 6.07 Å². The third-order valence-electron chi connectivity index (χ3n) is 4.64. The van der Waals surface area contributed by atoms with Crippen molar-refractivity contribution in [3.8, 4) is 0 Å². The Morgan fingerprint density at radius 3 is 2.64 bits per heavy atom. The minimum atomic E-state index is -0.898. The van der Waals surface area contributed by atoms with E-state index in [1.807, 2.05) is 0 Å². The van der Waals surface area contributed by atoms with Crippen LogP contribution in [0.4, 0.5) is 4.39 Å². The molecule has 0 bridgehead atoms. The Bertz CT molecular complexity index is 598. The van der Waals surface area contributed by atoms with Crippen LogP contribution < -0.4 is 0 Å². The Hall–Kier alpha value is -1.91. The summed E-state index contributed by atoms with van der Waals surface area (Å²) < 4.78 is 14.0. The van der Waals surface area contributed by atoms with Gasteiger partial charge in [0.05, 0.1) is 11.0 Å². The quantitative estimate of drug-likeness (QED) is 0.933. The molecule has 120 valence electrons. The monoisotopic (exact) mass is 307 g/mol. The van der Waals surface area contributed by atoms with Gasteiger partial charge in [-0.25, -0.2) is 4.39 Å². The fraction of sp³-hybridized carbons (Fsp3) is 0.529. The number of halogens is 1. The van der Waals surface area contributed by atoms with Crippen molar-refractivity contribution in [1.82, 2.24) is 4.90 Å². The molecular weight excluding hydrogens is 285 g/mol. The minimum absolute atomic E-state index is 0.0550. The molecule has 1 aliphatic rings. The van der Waals surface area contributed by atoms with Gasteiger partial charge in [0.1, 0.15) is 5.82 Å². The summed E-state index contributed by atoms with van der Waals surface area (Å²) in [6, 6.07) is 4.55. The summed E-state index contributed by atoms with van der Waals surface area (Å²) in [6.07, 6.45) is 1.50. The number of hydrogen-bond donors (Lipinski definition) is 1. The molecule has 1 amide bonds. The van der Waals surface area contributed by atoms with Crippen molar-refractivity contribution < 1.29 is 19.1 Å². The van der Waals surface area contributed by atoms with E-state index in [-0.39, 0.29) is 17.4 Å². The van der Waals surface area contributed by atoms with Gasteiger partial charge in [-0.2, -0.15) is 0 Å². The number of nitrogens with zero attached hydrogens (tertiary/aromatic N) is 1. The second kappa shape index (κ2) is 6.07. The van der Waals surface area contributed by atoms with Crippen LogP contribution in [-0.4, -0.2) is 35.0 Å². The molecular formula is C17H22FNO3. The third-order valence-corrected chi connectivity index (χ3v) is 4.64. The highest BCUT2D eigenvalue weighted by Gasteiger charge is 2.40. The number of aliphatic carboxylic acids is 1. The average molecular weight is 307 g/mol. The molecule has 0 spiro atoms. The SMILES string of the molecule is Cc1ccc(C(=O)N2CCC[C@H](C(C)(C)C(=O)O)C2)c(F)c1. The largest absolute Gasteiger partial charge is 0.481 e. The molecule has 1 atom stereocenters. The lowest BCUT2D eigenvalue weighted by molar-refractivity contribution is -0.151. The van der Waals surface area contributed by atoms with Crippen LogP contribution in [0.1, 0.15) is 42.6 Å². The van der Waals surface area contributed by atoms with Gasteiger partial charge in [0, 0.05) is 13.1 Å². The maximum absolute atomic E-state index is 14.0. The van der Waals surface area contributed by atoms with Crippen molar-refractivity contribution >= 4 is 11.9 Å². The molecule has 1 aromatic carbocycles. The first-order valence-electron chi connectivity index (χ1n) is 7.52. The molecule has 1 aromatic rings. The van der Waals surface area contributed by atoms with Crippen molar-refractivity contribution in [3.05, 3.63) is 35.1 Å². The van der Waals surface area contributed by atoms with E-state index in [4.69, 9.17) is 0 Å². The van der Waals surface area contributed by atoms with Crippen molar-refractivity contribution in [2.24, 2.45) is 11.3 Å². The Labute approximate surface area is 129 Å². The molecule has 1 N–H and O–H groups in total. The normalized spacial score (nSPS) is 19.1. The fourth-order valence-corrected chi connectivity index (χ4v) is 2.89. The van der Waals surface area contributed by atoms with Gasteiger partial charge < -0.3 is 10.0 Å². The lowest BCUT2D eigenvalue weighted by Crippen LogP contribution is -2.47. The molecule has 4 nitrogen and oxygen atoms in total. The number of carboxylic acid groups (broad SMARTS) is 1. The lowest BCUT2D eigenvalue weighted by atomic mass is 9.74. The van der Waals surface area contributed by atoms with Crippen LogP contribution in [0.2, 0.25) is 0 Å². The second-order valence-corrected chi connectivity index (χ2v) is 6.60. The minimum Gasteiger partial charge on any atom is -0.481 e. The molecule has 0 aromatic heterocycles. The molecule has 0 unspecified atom stereocenters. The summed E-state index contributed by atoms with van der Waals surface area (Å²) in [4.78, 5) is 25.5. The number of hydrogen-bond acceptors (Lipinski definition) is 2. The van der Waals surface area contributed by atoms with Gasteiger partial charge in [0.15, 0.2) is 0 Å². The van der Waals surface area contributed by atoms with E-state index in [0.717, 1.165) is 18.4 Å².